The molecule has 0 aliphatic heterocycles. The molecule has 0 spiro atoms. The van der Waals surface area contributed by atoms with E-state index in [1.807, 2.05) is 6.07 Å². The van der Waals surface area contributed by atoms with Crippen LogP contribution in [0.15, 0.2) is 21.2 Å². The molecule has 0 amide bonds. The fraction of sp³-hybridized carbons (Fsp3) is 0.692. The first-order valence-electron chi connectivity index (χ1n) is 5.99. The zero-order valence-electron chi connectivity index (χ0n) is 9.87. The molecule has 0 saturated heterocycles. The Labute approximate surface area is 105 Å². The van der Waals surface area contributed by atoms with Crippen molar-refractivity contribution in [2.24, 2.45) is 11.8 Å². The molecule has 1 heterocycles. The second-order valence-corrected chi connectivity index (χ2v) is 6.07. The number of aliphatic hydroxyl groups is 1. The van der Waals surface area contributed by atoms with Crippen molar-refractivity contribution in [2.75, 3.05) is 0 Å². The minimum absolute atomic E-state index is 0.703. The van der Waals surface area contributed by atoms with E-state index in [1.54, 1.807) is 6.26 Å². The van der Waals surface area contributed by atoms with Crippen LogP contribution in [0.4, 0.5) is 0 Å². The lowest BCUT2D eigenvalue weighted by molar-refractivity contribution is -0.0377. The largest absolute Gasteiger partial charge is 0.465 e. The minimum atomic E-state index is -0.756. The summed E-state index contributed by atoms with van der Waals surface area (Å²) in [6.45, 7) is 4.52. The summed E-state index contributed by atoms with van der Waals surface area (Å²) in [4.78, 5) is 0. The summed E-state index contributed by atoms with van der Waals surface area (Å²) in [6.07, 6.45) is 5.42. The van der Waals surface area contributed by atoms with Crippen molar-refractivity contribution in [3.63, 3.8) is 0 Å². The molecule has 90 valence electrons. The van der Waals surface area contributed by atoms with Gasteiger partial charge < -0.3 is 9.52 Å². The zero-order valence-corrected chi connectivity index (χ0v) is 11.5. The SMILES string of the molecule is CC(C)C1CCC(O)(c2occc2Br)CC1. The van der Waals surface area contributed by atoms with E-state index in [9.17, 15) is 5.11 Å². The first-order valence-corrected chi connectivity index (χ1v) is 6.78. The Kier molecular flexibility index (Phi) is 3.45. The van der Waals surface area contributed by atoms with Gasteiger partial charge in [-0.15, -0.1) is 0 Å². The molecule has 2 nitrogen and oxygen atoms in total. The van der Waals surface area contributed by atoms with E-state index in [2.05, 4.69) is 29.8 Å². The molecule has 3 heteroatoms. The van der Waals surface area contributed by atoms with Crippen molar-refractivity contribution in [1.82, 2.24) is 0 Å². The van der Waals surface area contributed by atoms with Crippen molar-refractivity contribution >= 4 is 15.9 Å². The molecule has 0 bridgehead atoms. The van der Waals surface area contributed by atoms with Gasteiger partial charge in [0.05, 0.1) is 10.7 Å². The Morgan fingerprint density at radius 2 is 2.06 bits per heavy atom. The van der Waals surface area contributed by atoms with Gasteiger partial charge in [-0.3, -0.25) is 0 Å². The van der Waals surface area contributed by atoms with Crippen LogP contribution in [0, 0.1) is 11.8 Å². The van der Waals surface area contributed by atoms with E-state index in [0.29, 0.717) is 11.7 Å². The quantitative estimate of drug-likeness (QED) is 0.889. The maximum absolute atomic E-state index is 10.6. The van der Waals surface area contributed by atoms with Crippen LogP contribution in [-0.2, 0) is 5.60 Å². The van der Waals surface area contributed by atoms with E-state index >= 15 is 0 Å². The topological polar surface area (TPSA) is 33.4 Å². The van der Waals surface area contributed by atoms with Gasteiger partial charge in [0.15, 0.2) is 0 Å². The number of hydrogen-bond acceptors (Lipinski definition) is 2. The van der Waals surface area contributed by atoms with Crippen molar-refractivity contribution in [3.05, 3.63) is 22.6 Å². The molecule has 0 atom stereocenters. The predicted molar refractivity (Wildman–Crippen MR) is 67.1 cm³/mol. The molecule has 1 fully saturated rings. The molecule has 1 N–H and O–H groups in total. The molecule has 2 rings (SSSR count). The lowest BCUT2D eigenvalue weighted by atomic mass is 9.74. The van der Waals surface area contributed by atoms with Gasteiger partial charge in [-0.25, -0.2) is 0 Å². The first kappa shape index (κ1) is 12.2. The Hall–Kier alpha value is -0.280. The second-order valence-electron chi connectivity index (χ2n) is 5.21. The molecule has 1 aliphatic carbocycles. The number of furan rings is 1. The van der Waals surface area contributed by atoms with Crippen molar-refractivity contribution in [1.29, 1.82) is 0 Å². The molecule has 1 aliphatic rings. The highest BCUT2D eigenvalue weighted by atomic mass is 79.9. The lowest BCUT2D eigenvalue weighted by Crippen LogP contribution is -2.32. The average molecular weight is 287 g/mol. The first-order chi connectivity index (χ1) is 7.53. The fourth-order valence-electron chi connectivity index (χ4n) is 2.64. The lowest BCUT2D eigenvalue weighted by Gasteiger charge is -2.36. The standard InChI is InChI=1S/C13H19BrO2/c1-9(2)10-3-6-13(15,7-4-10)12-11(14)5-8-16-12/h5,8-10,15H,3-4,6-7H2,1-2H3. The normalized spacial score (nSPS) is 30.9. The average Bonchev–Trinajstić information content (AvgIpc) is 2.66. The monoisotopic (exact) mass is 286 g/mol. The van der Waals surface area contributed by atoms with Gasteiger partial charge in [-0.05, 0) is 59.5 Å². The number of hydrogen-bond donors (Lipinski definition) is 1. The zero-order chi connectivity index (χ0) is 11.8. The third-order valence-electron chi connectivity index (χ3n) is 3.84. The summed E-state index contributed by atoms with van der Waals surface area (Å²) in [5.41, 5.74) is -0.756. The van der Waals surface area contributed by atoms with E-state index in [0.717, 1.165) is 36.1 Å². The maximum atomic E-state index is 10.6. The van der Waals surface area contributed by atoms with Gasteiger partial charge in [0, 0.05) is 0 Å². The van der Waals surface area contributed by atoms with Crippen LogP contribution in [0.1, 0.15) is 45.3 Å². The molecule has 16 heavy (non-hydrogen) atoms. The van der Waals surface area contributed by atoms with Crippen LogP contribution < -0.4 is 0 Å². The van der Waals surface area contributed by atoms with E-state index < -0.39 is 5.60 Å². The molecule has 0 aromatic carbocycles. The van der Waals surface area contributed by atoms with Gasteiger partial charge >= 0.3 is 0 Å². The van der Waals surface area contributed by atoms with E-state index in [4.69, 9.17) is 4.42 Å². The van der Waals surface area contributed by atoms with Crippen LogP contribution in [0.3, 0.4) is 0 Å². The van der Waals surface area contributed by atoms with Crippen molar-refractivity contribution < 1.29 is 9.52 Å². The molecule has 1 saturated carbocycles. The summed E-state index contributed by atoms with van der Waals surface area (Å²) in [7, 11) is 0. The maximum Gasteiger partial charge on any atom is 0.149 e. The molecular weight excluding hydrogens is 268 g/mol. The third kappa shape index (κ3) is 2.21. The third-order valence-corrected chi connectivity index (χ3v) is 4.46. The summed E-state index contributed by atoms with van der Waals surface area (Å²) in [6, 6.07) is 1.85. The van der Waals surface area contributed by atoms with Crippen LogP contribution in [0.5, 0.6) is 0 Å². The van der Waals surface area contributed by atoms with Crippen molar-refractivity contribution in [2.45, 2.75) is 45.1 Å². The Bertz CT molecular complexity index is 349. The summed E-state index contributed by atoms with van der Waals surface area (Å²) in [5, 5.41) is 10.6. The molecular formula is C13H19BrO2. The van der Waals surface area contributed by atoms with Crippen LogP contribution in [0.25, 0.3) is 0 Å². The summed E-state index contributed by atoms with van der Waals surface area (Å²) >= 11 is 3.43. The fourth-order valence-corrected chi connectivity index (χ4v) is 3.21. The number of halogens is 1. The van der Waals surface area contributed by atoms with Crippen LogP contribution in [-0.4, -0.2) is 5.11 Å². The Morgan fingerprint density at radius 1 is 1.44 bits per heavy atom. The molecule has 1 aromatic rings. The highest BCUT2D eigenvalue weighted by Gasteiger charge is 2.39. The van der Waals surface area contributed by atoms with Gasteiger partial charge in [-0.2, -0.15) is 0 Å². The minimum Gasteiger partial charge on any atom is -0.465 e. The highest BCUT2D eigenvalue weighted by molar-refractivity contribution is 9.10. The van der Waals surface area contributed by atoms with Gasteiger partial charge in [0.1, 0.15) is 11.4 Å². The van der Waals surface area contributed by atoms with Crippen LogP contribution >= 0.6 is 15.9 Å². The molecule has 1 aromatic heterocycles. The molecule has 0 radical (unpaired) electrons. The van der Waals surface area contributed by atoms with Gasteiger partial charge in [0.2, 0.25) is 0 Å². The van der Waals surface area contributed by atoms with E-state index in [-0.39, 0.29) is 0 Å². The van der Waals surface area contributed by atoms with Gasteiger partial charge in [0.25, 0.3) is 0 Å². The van der Waals surface area contributed by atoms with Crippen LogP contribution in [0.2, 0.25) is 0 Å². The highest BCUT2D eigenvalue weighted by Crippen LogP contribution is 2.44. The Morgan fingerprint density at radius 3 is 2.50 bits per heavy atom. The second kappa shape index (κ2) is 4.53. The van der Waals surface area contributed by atoms with E-state index in [1.165, 1.54) is 0 Å². The Balaban J connectivity index is 2.10. The van der Waals surface area contributed by atoms with Gasteiger partial charge in [-0.1, -0.05) is 13.8 Å². The molecule has 0 unspecified atom stereocenters. The predicted octanol–water partition coefficient (Wildman–Crippen LogP) is 4.08. The smallest absolute Gasteiger partial charge is 0.149 e. The summed E-state index contributed by atoms with van der Waals surface area (Å²) in [5.74, 6) is 2.16. The summed E-state index contributed by atoms with van der Waals surface area (Å²) < 4.78 is 6.29. The van der Waals surface area contributed by atoms with Crippen molar-refractivity contribution in [3.8, 4) is 0 Å². The number of rotatable bonds is 2.